The molecular weight excluding hydrogens is 261 g/mol. The molecule has 1 aromatic rings. The minimum atomic E-state index is -0.145. The maximum atomic E-state index is 13.0. The molecule has 114 valence electrons. The molecule has 1 nitrogen and oxygen atoms in total. The van der Waals surface area contributed by atoms with Gasteiger partial charge in [0, 0.05) is 12.6 Å². The van der Waals surface area contributed by atoms with Crippen LogP contribution in [-0.2, 0) is 6.54 Å². The van der Waals surface area contributed by atoms with E-state index in [1.807, 2.05) is 12.1 Å². The molecule has 0 saturated heterocycles. The molecular formula is C19H26FN. The molecule has 0 heterocycles. The smallest absolute Gasteiger partial charge is 0.123 e. The van der Waals surface area contributed by atoms with E-state index in [-0.39, 0.29) is 5.82 Å². The highest BCUT2D eigenvalue weighted by atomic mass is 19.1. The SMILES string of the molecule is CC(NCc1ccc(F)cc1)C12CC3CC(CC(C3)C1)C2. The van der Waals surface area contributed by atoms with Crippen molar-refractivity contribution in [3.05, 3.63) is 35.6 Å². The van der Waals surface area contributed by atoms with Gasteiger partial charge in [-0.15, -0.1) is 0 Å². The first-order chi connectivity index (χ1) is 10.1. The van der Waals surface area contributed by atoms with Crippen LogP contribution < -0.4 is 5.32 Å². The first-order valence-corrected chi connectivity index (χ1v) is 8.61. The molecule has 1 atom stereocenters. The summed E-state index contributed by atoms with van der Waals surface area (Å²) < 4.78 is 13.0. The predicted molar refractivity (Wildman–Crippen MR) is 83.3 cm³/mol. The lowest BCUT2D eigenvalue weighted by atomic mass is 9.48. The zero-order valence-electron chi connectivity index (χ0n) is 12.9. The molecule has 4 aliphatic carbocycles. The molecule has 21 heavy (non-hydrogen) atoms. The Bertz CT molecular complexity index is 472. The largest absolute Gasteiger partial charge is 0.310 e. The summed E-state index contributed by atoms with van der Waals surface area (Å²) in [4.78, 5) is 0. The van der Waals surface area contributed by atoms with Crippen molar-refractivity contribution in [1.82, 2.24) is 5.32 Å². The van der Waals surface area contributed by atoms with Gasteiger partial charge in [0.2, 0.25) is 0 Å². The van der Waals surface area contributed by atoms with Crippen LogP contribution in [0.25, 0.3) is 0 Å². The Morgan fingerprint density at radius 1 is 1.05 bits per heavy atom. The number of halogens is 1. The topological polar surface area (TPSA) is 12.0 Å². The van der Waals surface area contributed by atoms with Crippen LogP contribution in [0, 0.1) is 29.0 Å². The number of benzene rings is 1. The first kappa shape index (κ1) is 13.8. The number of rotatable bonds is 4. The third-order valence-corrected chi connectivity index (χ3v) is 6.53. The second-order valence-electron chi connectivity index (χ2n) is 8.01. The van der Waals surface area contributed by atoms with E-state index in [0.717, 1.165) is 24.3 Å². The summed E-state index contributed by atoms with van der Waals surface area (Å²) in [7, 11) is 0. The normalized spacial score (nSPS) is 38.7. The van der Waals surface area contributed by atoms with E-state index < -0.39 is 0 Å². The second-order valence-corrected chi connectivity index (χ2v) is 8.01. The molecule has 5 rings (SSSR count). The molecule has 0 aromatic heterocycles. The fourth-order valence-electron chi connectivity index (χ4n) is 5.80. The van der Waals surface area contributed by atoms with Gasteiger partial charge in [-0.05, 0) is 86.3 Å². The van der Waals surface area contributed by atoms with Gasteiger partial charge in [0.15, 0.2) is 0 Å². The van der Waals surface area contributed by atoms with E-state index in [1.54, 1.807) is 12.1 Å². The molecule has 0 amide bonds. The van der Waals surface area contributed by atoms with E-state index in [9.17, 15) is 4.39 Å². The van der Waals surface area contributed by atoms with Crippen LogP contribution >= 0.6 is 0 Å². The maximum Gasteiger partial charge on any atom is 0.123 e. The second kappa shape index (κ2) is 5.08. The molecule has 0 spiro atoms. The van der Waals surface area contributed by atoms with Gasteiger partial charge in [-0.25, -0.2) is 4.39 Å². The third-order valence-electron chi connectivity index (χ3n) is 6.53. The van der Waals surface area contributed by atoms with Crippen molar-refractivity contribution in [2.45, 2.75) is 58.0 Å². The Hall–Kier alpha value is -0.890. The van der Waals surface area contributed by atoms with Gasteiger partial charge >= 0.3 is 0 Å². The highest BCUT2D eigenvalue weighted by Crippen LogP contribution is 2.61. The van der Waals surface area contributed by atoms with Gasteiger partial charge in [0.05, 0.1) is 0 Å². The lowest BCUT2D eigenvalue weighted by molar-refractivity contribution is -0.0706. The minimum absolute atomic E-state index is 0.145. The molecule has 0 aliphatic heterocycles. The number of nitrogens with one attached hydrogen (secondary N) is 1. The van der Waals surface area contributed by atoms with Crippen molar-refractivity contribution >= 4 is 0 Å². The molecule has 4 saturated carbocycles. The number of hydrogen-bond donors (Lipinski definition) is 1. The third kappa shape index (κ3) is 2.52. The Balaban J connectivity index is 1.42. The van der Waals surface area contributed by atoms with Crippen molar-refractivity contribution in [2.24, 2.45) is 23.2 Å². The minimum Gasteiger partial charge on any atom is -0.310 e. The lowest BCUT2D eigenvalue weighted by Gasteiger charge is -2.59. The van der Waals surface area contributed by atoms with Gasteiger partial charge in [0.1, 0.15) is 5.82 Å². The van der Waals surface area contributed by atoms with E-state index in [2.05, 4.69) is 12.2 Å². The van der Waals surface area contributed by atoms with Gasteiger partial charge in [0.25, 0.3) is 0 Å². The predicted octanol–water partition coefficient (Wildman–Crippen LogP) is 4.52. The average molecular weight is 287 g/mol. The van der Waals surface area contributed by atoms with Gasteiger partial charge in [-0.2, -0.15) is 0 Å². The van der Waals surface area contributed by atoms with Gasteiger partial charge in [-0.3, -0.25) is 0 Å². The standard InChI is InChI=1S/C19H26FN/c1-13(21-12-14-2-4-18(20)5-3-14)19-9-15-6-16(10-19)8-17(7-15)11-19/h2-5,13,15-17,21H,6-12H2,1H3. The van der Waals surface area contributed by atoms with Crippen molar-refractivity contribution in [1.29, 1.82) is 0 Å². The van der Waals surface area contributed by atoms with Crippen LogP contribution in [0.2, 0.25) is 0 Å². The molecule has 1 unspecified atom stereocenters. The average Bonchev–Trinajstić information content (AvgIpc) is 2.45. The summed E-state index contributed by atoms with van der Waals surface area (Å²) in [6, 6.07) is 7.50. The molecule has 1 N–H and O–H groups in total. The van der Waals surface area contributed by atoms with Crippen LogP contribution in [0.1, 0.15) is 51.0 Å². The van der Waals surface area contributed by atoms with Crippen LogP contribution in [0.3, 0.4) is 0 Å². The van der Waals surface area contributed by atoms with E-state index in [1.165, 1.54) is 44.1 Å². The van der Waals surface area contributed by atoms with Crippen molar-refractivity contribution in [3.63, 3.8) is 0 Å². The Labute approximate surface area is 127 Å². The summed E-state index contributed by atoms with van der Waals surface area (Å²) in [6.07, 6.45) is 8.83. The monoisotopic (exact) mass is 287 g/mol. The Kier molecular flexibility index (Phi) is 3.33. The maximum absolute atomic E-state index is 13.0. The summed E-state index contributed by atoms with van der Waals surface area (Å²) in [5.41, 5.74) is 1.74. The van der Waals surface area contributed by atoms with Crippen molar-refractivity contribution in [3.8, 4) is 0 Å². The van der Waals surface area contributed by atoms with Crippen LogP contribution in [0.4, 0.5) is 4.39 Å². The highest BCUT2D eigenvalue weighted by Gasteiger charge is 2.52. The molecule has 4 fully saturated rings. The molecule has 2 heteroatoms. The van der Waals surface area contributed by atoms with E-state index in [0.29, 0.717) is 11.5 Å². The Morgan fingerprint density at radius 2 is 1.57 bits per heavy atom. The van der Waals surface area contributed by atoms with Crippen LogP contribution in [-0.4, -0.2) is 6.04 Å². The Morgan fingerprint density at radius 3 is 2.10 bits per heavy atom. The van der Waals surface area contributed by atoms with Crippen LogP contribution in [0.15, 0.2) is 24.3 Å². The van der Waals surface area contributed by atoms with E-state index in [4.69, 9.17) is 0 Å². The van der Waals surface area contributed by atoms with Crippen LogP contribution in [0.5, 0.6) is 0 Å². The van der Waals surface area contributed by atoms with Gasteiger partial charge < -0.3 is 5.32 Å². The van der Waals surface area contributed by atoms with Crippen molar-refractivity contribution < 1.29 is 4.39 Å². The van der Waals surface area contributed by atoms with E-state index >= 15 is 0 Å². The zero-order valence-corrected chi connectivity index (χ0v) is 12.9. The summed E-state index contributed by atoms with van der Waals surface area (Å²) in [5, 5.41) is 3.75. The van der Waals surface area contributed by atoms with Gasteiger partial charge in [-0.1, -0.05) is 12.1 Å². The zero-order chi connectivity index (χ0) is 14.4. The molecule has 4 bridgehead atoms. The fraction of sp³-hybridized carbons (Fsp3) is 0.684. The fourth-order valence-corrected chi connectivity index (χ4v) is 5.80. The lowest BCUT2D eigenvalue weighted by Crippen LogP contribution is -2.54. The molecule has 0 radical (unpaired) electrons. The summed E-state index contributed by atoms with van der Waals surface area (Å²) >= 11 is 0. The quantitative estimate of drug-likeness (QED) is 0.858. The summed E-state index contributed by atoms with van der Waals surface area (Å²) in [5.74, 6) is 2.87. The van der Waals surface area contributed by atoms with Crippen molar-refractivity contribution in [2.75, 3.05) is 0 Å². The molecule has 1 aromatic carbocycles. The molecule has 4 aliphatic rings. The highest BCUT2D eigenvalue weighted by molar-refractivity contribution is 5.16. The number of hydrogen-bond acceptors (Lipinski definition) is 1. The summed E-state index contributed by atoms with van der Waals surface area (Å²) in [6.45, 7) is 3.25. The first-order valence-electron chi connectivity index (χ1n) is 8.61.